The van der Waals surface area contributed by atoms with Crippen molar-refractivity contribution in [1.29, 1.82) is 0 Å². The third kappa shape index (κ3) is 4.21. The van der Waals surface area contributed by atoms with E-state index >= 15 is 0 Å². The molecular formula is C14H17O9PS3. The minimum atomic E-state index is -4.82. The Hall–Kier alpha value is -1.40. The quantitative estimate of drug-likeness (QED) is 0.419. The van der Waals surface area contributed by atoms with Gasteiger partial charge in [-0.25, -0.2) is 0 Å². The van der Waals surface area contributed by atoms with Crippen LogP contribution in [-0.4, -0.2) is 45.1 Å². The first-order valence-electron chi connectivity index (χ1n) is 7.36. The molecule has 0 unspecified atom stereocenters. The van der Waals surface area contributed by atoms with E-state index in [9.17, 15) is 38.9 Å². The van der Waals surface area contributed by atoms with Crippen molar-refractivity contribution >= 4 is 47.0 Å². The molecule has 0 atom stereocenters. The van der Waals surface area contributed by atoms with Gasteiger partial charge in [0.15, 0.2) is 0 Å². The first-order valence-corrected chi connectivity index (χ1v) is 14.6. The second-order valence-electron chi connectivity index (χ2n) is 5.66. The summed E-state index contributed by atoms with van der Waals surface area (Å²) in [5, 5.41) is -0.148. The summed E-state index contributed by atoms with van der Waals surface area (Å²) in [5.41, 5.74) is 0. The molecule has 9 nitrogen and oxygen atoms in total. The van der Waals surface area contributed by atoms with Crippen LogP contribution in [-0.2, 0) is 30.0 Å². The Balaban J connectivity index is 2.93. The monoisotopic (exact) mass is 456 g/mol. The molecule has 0 saturated heterocycles. The minimum absolute atomic E-state index is 0.0740. The number of hydrogen-bond acceptors (Lipinski definition) is 6. The first kappa shape index (κ1) is 21.9. The molecule has 0 heterocycles. The molecule has 2 rings (SSSR count). The van der Waals surface area contributed by atoms with Gasteiger partial charge in [0, 0.05) is 0 Å². The second-order valence-corrected chi connectivity index (χ2v) is 16.6. The maximum atomic E-state index is 12.4. The Morgan fingerprint density at radius 1 is 0.741 bits per heavy atom. The Morgan fingerprint density at radius 2 is 1.11 bits per heavy atom. The van der Waals surface area contributed by atoms with Gasteiger partial charge in [-0.05, 0) is 0 Å². The molecule has 0 radical (unpaired) electrons. The SMILES string of the molecule is CC[PH](c1cccc(S(=O)(=O)O)c1)(c1cccc(S(=O)(=O)O)c1)S(=O)(=O)O. The van der Waals surface area contributed by atoms with Crippen molar-refractivity contribution in [2.24, 2.45) is 0 Å². The van der Waals surface area contributed by atoms with Crippen LogP contribution in [0.1, 0.15) is 6.92 Å². The summed E-state index contributed by atoms with van der Waals surface area (Å²) < 4.78 is 99.0. The molecule has 0 aromatic heterocycles. The van der Waals surface area contributed by atoms with E-state index in [-0.39, 0.29) is 16.8 Å². The molecule has 0 aliphatic rings. The molecular weight excluding hydrogens is 439 g/mol. The van der Waals surface area contributed by atoms with Crippen LogP contribution >= 0.6 is 6.46 Å². The van der Waals surface area contributed by atoms with E-state index in [1.54, 1.807) is 0 Å². The van der Waals surface area contributed by atoms with Crippen LogP contribution in [0.25, 0.3) is 0 Å². The number of rotatable bonds is 6. The van der Waals surface area contributed by atoms with Gasteiger partial charge in [-0.1, -0.05) is 0 Å². The summed E-state index contributed by atoms with van der Waals surface area (Å²) in [6, 6.07) is 8.91. The molecule has 0 amide bonds. The summed E-state index contributed by atoms with van der Waals surface area (Å²) in [4.78, 5) is -1.14. The van der Waals surface area contributed by atoms with Gasteiger partial charge in [-0.3, -0.25) is 0 Å². The van der Waals surface area contributed by atoms with Gasteiger partial charge in [0.1, 0.15) is 0 Å². The van der Waals surface area contributed by atoms with Crippen molar-refractivity contribution in [1.82, 2.24) is 0 Å². The number of hydrogen-bond donors (Lipinski definition) is 3. The van der Waals surface area contributed by atoms with Crippen LogP contribution < -0.4 is 10.6 Å². The summed E-state index contributed by atoms with van der Waals surface area (Å²) in [5.74, 6) is 0. The Kier molecular flexibility index (Phi) is 5.84. The molecule has 150 valence electrons. The van der Waals surface area contributed by atoms with E-state index in [0.29, 0.717) is 0 Å². The zero-order valence-electron chi connectivity index (χ0n) is 13.8. The van der Waals surface area contributed by atoms with Gasteiger partial charge >= 0.3 is 157 Å². The molecule has 2 aromatic rings. The Bertz CT molecular complexity index is 1110. The third-order valence-electron chi connectivity index (χ3n) is 4.13. The Morgan fingerprint density at radius 3 is 1.37 bits per heavy atom. The summed E-state index contributed by atoms with van der Waals surface area (Å²) >= 11 is 0. The second kappa shape index (κ2) is 7.21. The van der Waals surface area contributed by atoms with Crippen molar-refractivity contribution in [2.45, 2.75) is 16.7 Å². The Labute approximate surface area is 157 Å². The standard InChI is InChI=1S/C14H17O9PS3/c1-2-24(27(21,22)23,11-5-3-7-13(9-11)25(15,16)17)12-6-4-8-14(10-12)26(18,19)20/h3-10,24H,2H2,1H3,(H,15,16,17)(H,18,19,20)(H,21,22,23). The molecule has 3 N–H and O–H groups in total. The van der Waals surface area contributed by atoms with Crippen LogP contribution in [0.15, 0.2) is 58.3 Å². The van der Waals surface area contributed by atoms with Crippen LogP contribution in [0, 0.1) is 0 Å². The van der Waals surface area contributed by atoms with Crippen molar-refractivity contribution in [3.8, 4) is 0 Å². The fourth-order valence-electron chi connectivity index (χ4n) is 2.87. The molecule has 0 bridgehead atoms. The van der Waals surface area contributed by atoms with Gasteiger partial charge in [-0.2, -0.15) is 0 Å². The van der Waals surface area contributed by atoms with Gasteiger partial charge < -0.3 is 0 Å². The van der Waals surface area contributed by atoms with Gasteiger partial charge in [-0.15, -0.1) is 0 Å². The molecule has 0 saturated carbocycles. The van der Waals surface area contributed by atoms with Gasteiger partial charge in [0.25, 0.3) is 0 Å². The van der Waals surface area contributed by atoms with E-state index in [0.717, 1.165) is 24.3 Å². The van der Waals surface area contributed by atoms with Crippen LogP contribution in [0.4, 0.5) is 0 Å². The van der Waals surface area contributed by atoms with Gasteiger partial charge in [0.05, 0.1) is 0 Å². The van der Waals surface area contributed by atoms with Crippen molar-refractivity contribution in [3.63, 3.8) is 0 Å². The molecule has 0 aliphatic heterocycles. The third-order valence-corrected chi connectivity index (χ3v) is 15.1. The predicted octanol–water partition coefficient (Wildman–Crippen LogP) is 0.703. The van der Waals surface area contributed by atoms with E-state index in [2.05, 4.69) is 0 Å². The van der Waals surface area contributed by atoms with E-state index in [1.807, 2.05) is 0 Å². The normalized spacial score (nSPS) is 14.1. The average Bonchev–Trinajstić information content (AvgIpc) is 2.54. The maximum absolute atomic E-state index is 12.4. The molecule has 0 fully saturated rings. The van der Waals surface area contributed by atoms with Crippen LogP contribution in [0.3, 0.4) is 0 Å². The first-order chi connectivity index (χ1) is 12.2. The molecule has 0 aliphatic carbocycles. The molecule has 0 spiro atoms. The van der Waals surface area contributed by atoms with E-state index < -0.39 is 46.2 Å². The van der Waals surface area contributed by atoms with Crippen molar-refractivity contribution in [2.75, 3.05) is 6.16 Å². The average molecular weight is 456 g/mol. The fourth-order valence-corrected chi connectivity index (χ4v) is 11.4. The predicted molar refractivity (Wildman–Crippen MR) is 102 cm³/mol. The zero-order valence-corrected chi connectivity index (χ0v) is 17.3. The number of benzene rings is 2. The summed E-state index contributed by atoms with van der Waals surface area (Å²) in [6.45, 7) is -2.72. The fraction of sp³-hybridized carbons (Fsp3) is 0.143. The molecule has 13 heteroatoms. The summed E-state index contributed by atoms with van der Waals surface area (Å²) in [6.07, 6.45) is -0.171. The van der Waals surface area contributed by atoms with Gasteiger partial charge in [0.2, 0.25) is 0 Å². The van der Waals surface area contributed by atoms with E-state index in [1.165, 1.54) is 31.2 Å². The van der Waals surface area contributed by atoms with Crippen molar-refractivity contribution in [3.05, 3.63) is 48.5 Å². The molecule has 27 heavy (non-hydrogen) atoms. The van der Waals surface area contributed by atoms with E-state index in [4.69, 9.17) is 0 Å². The van der Waals surface area contributed by atoms with Crippen LogP contribution in [0.5, 0.6) is 0 Å². The zero-order chi connectivity index (χ0) is 20.7. The molecule has 2 aromatic carbocycles. The van der Waals surface area contributed by atoms with Crippen LogP contribution in [0.2, 0.25) is 0 Å². The summed E-state index contributed by atoms with van der Waals surface area (Å²) in [7, 11) is -14.1. The topological polar surface area (TPSA) is 163 Å². The van der Waals surface area contributed by atoms with Crippen molar-refractivity contribution < 1.29 is 38.9 Å².